The van der Waals surface area contributed by atoms with E-state index < -0.39 is 23.7 Å². The van der Waals surface area contributed by atoms with Crippen molar-refractivity contribution in [3.63, 3.8) is 0 Å². The molecule has 0 spiro atoms. The third-order valence-electron chi connectivity index (χ3n) is 4.07. The third-order valence-corrected chi connectivity index (χ3v) is 4.07. The maximum Gasteiger partial charge on any atom is 0.415 e. The first-order valence-electron chi connectivity index (χ1n) is 8.00. The Labute approximate surface area is 147 Å². The molecule has 7 nitrogen and oxygen atoms in total. The fourth-order valence-corrected chi connectivity index (χ4v) is 2.95. The minimum absolute atomic E-state index is 0.283. The number of fused-ring (bicyclic) bond motifs is 1. The number of amides is 1. The van der Waals surface area contributed by atoms with Crippen LogP contribution in [0.15, 0.2) is 12.1 Å². The number of hydrogen-bond acceptors (Lipinski definition) is 6. The van der Waals surface area contributed by atoms with Gasteiger partial charge in [-0.25, -0.2) is 9.59 Å². The van der Waals surface area contributed by atoms with E-state index in [9.17, 15) is 9.59 Å². The average Bonchev–Trinajstić information content (AvgIpc) is 2.83. The summed E-state index contributed by atoms with van der Waals surface area (Å²) in [7, 11) is 4.35. The summed E-state index contributed by atoms with van der Waals surface area (Å²) in [5.74, 6) is 0.206. The van der Waals surface area contributed by atoms with Crippen LogP contribution in [0, 0.1) is 0 Å². The molecule has 0 aliphatic carbocycles. The Morgan fingerprint density at radius 2 is 1.60 bits per heavy atom. The van der Waals surface area contributed by atoms with Gasteiger partial charge in [0.25, 0.3) is 0 Å². The molecule has 0 aromatic heterocycles. The monoisotopic (exact) mass is 351 g/mol. The molecule has 138 valence electrons. The van der Waals surface area contributed by atoms with Gasteiger partial charge in [0.05, 0.1) is 27.0 Å². The summed E-state index contributed by atoms with van der Waals surface area (Å²) in [5, 5.41) is 0. The van der Waals surface area contributed by atoms with Gasteiger partial charge in [-0.2, -0.15) is 0 Å². The van der Waals surface area contributed by atoms with Crippen molar-refractivity contribution in [1.29, 1.82) is 0 Å². The van der Waals surface area contributed by atoms with Crippen molar-refractivity contribution in [2.75, 3.05) is 26.2 Å². The molecule has 0 unspecified atom stereocenters. The molecule has 0 radical (unpaired) electrons. The second kappa shape index (κ2) is 6.82. The predicted molar refractivity (Wildman–Crippen MR) is 92.5 cm³/mol. The Morgan fingerprint density at radius 3 is 2.08 bits per heavy atom. The fourth-order valence-electron chi connectivity index (χ4n) is 2.95. The maximum absolute atomic E-state index is 12.8. The van der Waals surface area contributed by atoms with Gasteiger partial charge in [-0.05, 0) is 32.4 Å². The summed E-state index contributed by atoms with van der Waals surface area (Å²) in [5.41, 5.74) is 0.647. The van der Waals surface area contributed by atoms with Crippen molar-refractivity contribution in [1.82, 2.24) is 0 Å². The van der Waals surface area contributed by atoms with E-state index in [2.05, 4.69) is 0 Å². The highest BCUT2D eigenvalue weighted by atomic mass is 16.6. The van der Waals surface area contributed by atoms with Crippen molar-refractivity contribution >= 4 is 17.7 Å². The van der Waals surface area contributed by atoms with E-state index in [0.717, 1.165) is 5.56 Å². The van der Waals surface area contributed by atoms with Gasteiger partial charge in [-0.1, -0.05) is 6.92 Å². The highest BCUT2D eigenvalue weighted by Crippen LogP contribution is 2.47. The lowest BCUT2D eigenvalue weighted by Crippen LogP contribution is -2.46. The summed E-state index contributed by atoms with van der Waals surface area (Å²) in [6.07, 6.45) is -0.610. The molecule has 7 heteroatoms. The van der Waals surface area contributed by atoms with Crippen LogP contribution in [-0.4, -0.2) is 45.0 Å². The van der Waals surface area contributed by atoms with Crippen LogP contribution in [0.4, 0.5) is 10.5 Å². The van der Waals surface area contributed by atoms with Crippen LogP contribution in [-0.2, 0) is 14.3 Å². The molecule has 0 bridgehead atoms. The van der Waals surface area contributed by atoms with E-state index in [1.165, 1.54) is 26.2 Å². The fraction of sp³-hybridized carbons (Fsp3) is 0.556. The van der Waals surface area contributed by atoms with Crippen LogP contribution in [0.5, 0.6) is 11.5 Å². The molecule has 1 aromatic carbocycles. The summed E-state index contributed by atoms with van der Waals surface area (Å²) in [4.78, 5) is 26.5. The molecule has 0 N–H and O–H groups in total. The summed E-state index contributed by atoms with van der Waals surface area (Å²) in [6.45, 7) is 7.17. The van der Waals surface area contributed by atoms with Gasteiger partial charge in [0.15, 0.2) is 11.5 Å². The first-order valence-corrected chi connectivity index (χ1v) is 8.00. The van der Waals surface area contributed by atoms with Gasteiger partial charge < -0.3 is 18.9 Å². The molecule has 1 aliphatic rings. The first kappa shape index (κ1) is 18.9. The van der Waals surface area contributed by atoms with Gasteiger partial charge in [-0.15, -0.1) is 0 Å². The standard InChI is InChI=1S/C18H25NO6/c1-10-11-8-13(22-5)14(23-6)9-12(11)19(15(10)16(20)24-7)17(21)25-18(2,3)4/h8-10,15H,1-7H3/t10-,15+/m1/s1. The van der Waals surface area contributed by atoms with Crippen LogP contribution in [0.3, 0.4) is 0 Å². The molecule has 2 rings (SSSR count). The van der Waals surface area contributed by atoms with Crippen molar-refractivity contribution in [2.45, 2.75) is 45.3 Å². The molecule has 1 aliphatic heterocycles. The van der Waals surface area contributed by atoms with Crippen LogP contribution in [0.2, 0.25) is 0 Å². The Morgan fingerprint density at radius 1 is 1.04 bits per heavy atom. The lowest BCUT2D eigenvalue weighted by Gasteiger charge is -2.29. The van der Waals surface area contributed by atoms with E-state index in [4.69, 9.17) is 18.9 Å². The van der Waals surface area contributed by atoms with Gasteiger partial charge in [0, 0.05) is 12.0 Å². The normalized spacial score (nSPS) is 19.2. The maximum atomic E-state index is 12.8. The summed E-state index contributed by atoms with van der Waals surface area (Å²) >= 11 is 0. The highest BCUT2D eigenvalue weighted by Gasteiger charge is 2.46. The second-order valence-electron chi connectivity index (χ2n) is 6.87. The number of ether oxygens (including phenoxy) is 4. The topological polar surface area (TPSA) is 74.3 Å². The lowest BCUT2D eigenvalue weighted by molar-refractivity contribution is -0.142. The van der Waals surface area contributed by atoms with E-state index >= 15 is 0 Å². The number of hydrogen-bond donors (Lipinski definition) is 0. The van der Waals surface area contributed by atoms with Gasteiger partial charge in [-0.3, -0.25) is 4.90 Å². The molecular weight excluding hydrogens is 326 g/mol. The van der Waals surface area contributed by atoms with Crippen molar-refractivity contribution in [2.24, 2.45) is 0 Å². The summed E-state index contributed by atoms with van der Waals surface area (Å²) < 4.78 is 21.1. The number of nitrogens with zero attached hydrogens (tertiary/aromatic N) is 1. The van der Waals surface area contributed by atoms with Gasteiger partial charge in [0.1, 0.15) is 11.6 Å². The molecule has 1 aromatic rings. The number of methoxy groups -OCH3 is 3. The van der Waals surface area contributed by atoms with Crippen molar-refractivity contribution in [3.05, 3.63) is 17.7 Å². The Bertz CT molecular complexity index is 679. The van der Waals surface area contributed by atoms with Gasteiger partial charge in [0.2, 0.25) is 0 Å². The number of rotatable bonds is 3. The molecule has 2 atom stereocenters. The molecule has 0 fully saturated rings. The SMILES string of the molecule is COC(=O)[C@@H]1[C@H](C)c2cc(OC)c(OC)cc2N1C(=O)OC(C)(C)C. The zero-order chi connectivity index (χ0) is 18.9. The molecule has 25 heavy (non-hydrogen) atoms. The van der Waals surface area contributed by atoms with Crippen molar-refractivity contribution < 1.29 is 28.5 Å². The second-order valence-corrected chi connectivity index (χ2v) is 6.87. The Balaban J connectivity index is 2.58. The average molecular weight is 351 g/mol. The molecular formula is C18H25NO6. The molecule has 0 saturated heterocycles. The predicted octanol–water partition coefficient (Wildman–Crippen LogP) is 3.10. The zero-order valence-corrected chi connectivity index (χ0v) is 15.7. The molecule has 1 heterocycles. The van der Waals surface area contributed by atoms with Crippen molar-refractivity contribution in [3.8, 4) is 11.5 Å². The summed E-state index contributed by atoms with van der Waals surface area (Å²) in [6, 6.07) is 2.64. The Kier molecular flexibility index (Phi) is 5.15. The van der Waals surface area contributed by atoms with Crippen LogP contribution >= 0.6 is 0 Å². The Hall–Kier alpha value is -2.44. The largest absolute Gasteiger partial charge is 0.493 e. The third kappa shape index (κ3) is 3.50. The number of carbonyl (C=O) groups excluding carboxylic acids is 2. The van der Waals surface area contributed by atoms with Crippen LogP contribution in [0.25, 0.3) is 0 Å². The van der Waals surface area contributed by atoms with Crippen LogP contribution < -0.4 is 14.4 Å². The quantitative estimate of drug-likeness (QED) is 0.779. The number of anilines is 1. The highest BCUT2D eigenvalue weighted by molar-refractivity contribution is 6.00. The molecule has 1 amide bonds. The van der Waals surface area contributed by atoms with E-state index in [1.807, 2.05) is 6.92 Å². The number of carbonyl (C=O) groups is 2. The van der Waals surface area contributed by atoms with Gasteiger partial charge >= 0.3 is 12.1 Å². The smallest absolute Gasteiger partial charge is 0.415 e. The molecule has 0 saturated carbocycles. The lowest BCUT2D eigenvalue weighted by atomic mass is 9.97. The van der Waals surface area contributed by atoms with Crippen LogP contribution in [0.1, 0.15) is 39.2 Å². The minimum atomic E-state index is -0.813. The first-order chi connectivity index (χ1) is 11.6. The number of benzene rings is 1. The minimum Gasteiger partial charge on any atom is -0.493 e. The van der Waals surface area contributed by atoms with E-state index in [1.54, 1.807) is 32.9 Å². The van der Waals surface area contributed by atoms with E-state index in [-0.39, 0.29) is 5.92 Å². The zero-order valence-electron chi connectivity index (χ0n) is 15.7. The number of esters is 1. The van der Waals surface area contributed by atoms with E-state index in [0.29, 0.717) is 17.2 Å².